The second-order valence-corrected chi connectivity index (χ2v) is 4.93. The maximum absolute atomic E-state index is 10.7. The molecule has 0 radical (unpaired) electrons. The van der Waals surface area contributed by atoms with E-state index in [1.165, 1.54) is 12.1 Å². The monoisotopic (exact) mass is 253 g/mol. The van der Waals surface area contributed by atoms with Crippen molar-refractivity contribution < 1.29 is 9.72 Å². The molecule has 0 spiro atoms. The number of rotatable bonds is 7. The zero-order valence-corrected chi connectivity index (χ0v) is 10.5. The summed E-state index contributed by atoms with van der Waals surface area (Å²) in [6.45, 7) is 1.60. The summed E-state index contributed by atoms with van der Waals surface area (Å²) < 4.78 is 0. The van der Waals surface area contributed by atoms with Gasteiger partial charge in [-0.05, 0) is 37.7 Å². The lowest BCUT2D eigenvalue weighted by atomic mass is 10.2. The third-order valence-electron chi connectivity index (χ3n) is 2.24. The van der Waals surface area contributed by atoms with Gasteiger partial charge in [-0.3, -0.25) is 10.1 Å². The van der Waals surface area contributed by atoms with Crippen LogP contribution in [0.4, 0.5) is 5.69 Å². The average molecular weight is 253 g/mol. The standard InChI is InChI=1S/C12H15NO3S/c1-10(14)4-2-3-9-17-12-7-5-11(6-8-12)13(15)16/h5-8H,2-4,9H2,1H3. The van der Waals surface area contributed by atoms with Crippen LogP contribution in [0.1, 0.15) is 26.2 Å². The summed E-state index contributed by atoms with van der Waals surface area (Å²) in [6.07, 6.45) is 2.54. The van der Waals surface area contributed by atoms with Gasteiger partial charge in [0.05, 0.1) is 4.92 Å². The van der Waals surface area contributed by atoms with Gasteiger partial charge in [0, 0.05) is 23.4 Å². The smallest absolute Gasteiger partial charge is 0.269 e. The normalized spacial score (nSPS) is 10.2. The topological polar surface area (TPSA) is 60.2 Å². The first kappa shape index (κ1) is 13.7. The molecule has 0 aromatic heterocycles. The molecule has 0 unspecified atom stereocenters. The predicted octanol–water partition coefficient (Wildman–Crippen LogP) is 3.45. The lowest BCUT2D eigenvalue weighted by Gasteiger charge is -2.00. The molecule has 0 aliphatic heterocycles. The maximum atomic E-state index is 10.7. The molecule has 0 atom stereocenters. The van der Waals surface area contributed by atoms with E-state index in [4.69, 9.17) is 0 Å². The third kappa shape index (κ3) is 5.49. The summed E-state index contributed by atoms with van der Waals surface area (Å²) in [5, 5.41) is 10.4. The van der Waals surface area contributed by atoms with Crippen LogP contribution in [0.5, 0.6) is 0 Å². The van der Waals surface area contributed by atoms with Gasteiger partial charge in [-0.1, -0.05) is 0 Å². The van der Waals surface area contributed by atoms with Crippen LogP contribution in [0.3, 0.4) is 0 Å². The van der Waals surface area contributed by atoms with E-state index in [0.717, 1.165) is 23.5 Å². The Kier molecular flexibility index (Phi) is 5.69. The fourth-order valence-electron chi connectivity index (χ4n) is 1.33. The van der Waals surface area contributed by atoms with Gasteiger partial charge >= 0.3 is 0 Å². The SMILES string of the molecule is CC(=O)CCCCSc1ccc([N+](=O)[O-])cc1. The van der Waals surface area contributed by atoms with Crippen molar-refractivity contribution in [1.29, 1.82) is 0 Å². The van der Waals surface area contributed by atoms with Crippen molar-refractivity contribution in [2.45, 2.75) is 31.1 Å². The van der Waals surface area contributed by atoms with Crippen molar-refractivity contribution >= 4 is 23.2 Å². The number of Topliss-reactive ketones (excluding diaryl/α,β-unsaturated/α-hetero) is 1. The van der Waals surface area contributed by atoms with Crippen molar-refractivity contribution in [3.63, 3.8) is 0 Å². The van der Waals surface area contributed by atoms with Gasteiger partial charge in [0.2, 0.25) is 0 Å². The van der Waals surface area contributed by atoms with Crippen LogP contribution < -0.4 is 0 Å². The van der Waals surface area contributed by atoms with E-state index in [9.17, 15) is 14.9 Å². The van der Waals surface area contributed by atoms with E-state index in [2.05, 4.69) is 0 Å². The van der Waals surface area contributed by atoms with Gasteiger partial charge in [0.15, 0.2) is 0 Å². The number of hydrogen-bond donors (Lipinski definition) is 0. The van der Waals surface area contributed by atoms with Gasteiger partial charge in [0.1, 0.15) is 5.78 Å². The number of non-ortho nitro benzene ring substituents is 1. The quantitative estimate of drug-likeness (QED) is 0.323. The highest BCUT2D eigenvalue weighted by Gasteiger charge is 2.03. The van der Waals surface area contributed by atoms with E-state index in [1.54, 1.807) is 30.8 Å². The fraction of sp³-hybridized carbons (Fsp3) is 0.417. The highest BCUT2D eigenvalue weighted by Crippen LogP contribution is 2.22. The Hall–Kier alpha value is -1.36. The van der Waals surface area contributed by atoms with E-state index in [0.29, 0.717) is 6.42 Å². The maximum Gasteiger partial charge on any atom is 0.269 e. The number of nitrogens with zero attached hydrogens (tertiary/aromatic N) is 1. The van der Waals surface area contributed by atoms with E-state index in [1.807, 2.05) is 0 Å². The molecular formula is C12H15NO3S. The Morgan fingerprint density at radius 3 is 2.47 bits per heavy atom. The molecule has 5 heteroatoms. The lowest BCUT2D eigenvalue weighted by molar-refractivity contribution is -0.384. The van der Waals surface area contributed by atoms with Gasteiger partial charge < -0.3 is 4.79 Å². The summed E-state index contributed by atoms with van der Waals surface area (Å²) in [4.78, 5) is 21.8. The van der Waals surface area contributed by atoms with E-state index >= 15 is 0 Å². The van der Waals surface area contributed by atoms with Crippen molar-refractivity contribution in [2.24, 2.45) is 0 Å². The largest absolute Gasteiger partial charge is 0.300 e. The number of carbonyl (C=O) groups excluding carboxylic acids is 1. The Balaban J connectivity index is 2.27. The first-order valence-corrected chi connectivity index (χ1v) is 6.45. The first-order chi connectivity index (χ1) is 8.09. The molecule has 1 rings (SSSR count). The molecule has 0 heterocycles. The van der Waals surface area contributed by atoms with Crippen LogP contribution >= 0.6 is 11.8 Å². The molecule has 0 fully saturated rings. The number of nitro groups is 1. The van der Waals surface area contributed by atoms with Crippen LogP contribution in [-0.4, -0.2) is 16.5 Å². The second-order valence-electron chi connectivity index (χ2n) is 3.76. The summed E-state index contributed by atoms with van der Waals surface area (Å²) >= 11 is 1.66. The third-order valence-corrected chi connectivity index (χ3v) is 3.34. The molecule has 0 aliphatic rings. The molecule has 92 valence electrons. The average Bonchev–Trinajstić information content (AvgIpc) is 2.29. The van der Waals surface area contributed by atoms with E-state index < -0.39 is 4.92 Å². The Labute approximate surface area is 105 Å². The second kappa shape index (κ2) is 7.06. The number of ketones is 1. The number of thioether (sulfide) groups is 1. The molecule has 0 saturated heterocycles. The van der Waals surface area contributed by atoms with Crippen molar-refractivity contribution in [2.75, 3.05) is 5.75 Å². The number of benzene rings is 1. The van der Waals surface area contributed by atoms with Crippen molar-refractivity contribution in [1.82, 2.24) is 0 Å². The molecule has 1 aromatic rings. The van der Waals surface area contributed by atoms with Gasteiger partial charge in [-0.2, -0.15) is 0 Å². The molecule has 0 bridgehead atoms. The van der Waals surface area contributed by atoms with Crippen LogP contribution in [0.2, 0.25) is 0 Å². The molecule has 0 saturated carbocycles. The minimum absolute atomic E-state index is 0.117. The molecule has 0 aliphatic carbocycles. The number of nitro benzene ring substituents is 1. The minimum atomic E-state index is -0.401. The van der Waals surface area contributed by atoms with Crippen LogP contribution in [0.15, 0.2) is 29.2 Å². The predicted molar refractivity (Wildman–Crippen MR) is 68.4 cm³/mol. The minimum Gasteiger partial charge on any atom is -0.300 e. The molecule has 4 nitrogen and oxygen atoms in total. The Morgan fingerprint density at radius 1 is 1.29 bits per heavy atom. The molecular weight excluding hydrogens is 238 g/mol. The number of unbranched alkanes of at least 4 members (excludes halogenated alkanes) is 1. The number of hydrogen-bond acceptors (Lipinski definition) is 4. The van der Waals surface area contributed by atoms with Crippen LogP contribution in [0, 0.1) is 10.1 Å². The zero-order chi connectivity index (χ0) is 12.7. The highest BCUT2D eigenvalue weighted by molar-refractivity contribution is 7.99. The molecule has 0 N–H and O–H groups in total. The van der Waals surface area contributed by atoms with Gasteiger partial charge in [-0.25, -0.2) is 0 Å². The fourth-order valence-corrected chi connectivity index (χ4v) is 2.24. The van der Waals surface area contributed by atoms with Crippen LogP contribution in [-0.2, 0) is 4.79 Å². The van der Waals surface area contributed by atoms with Crippen molar-refractivity contribution in [3.05, 3.63) is 34.4 Å². The summed E-state index contributed by atoms with van der Waals surface area (Å²) in [5.74, 6) is 1.16. The lowest BCUT2D eigenvalue weighted by Crippen LogP contribution is -1.90. The number of carbonyl (C=O) groups is 1. The summed E-state index contributed by atoms with van der Waals surface area (Å²) in [6, 6.07) is 6.54. The first-order valence-electron chi connectivity index (χ1n) is 5.46. The van der Waals surface area contributed by atoms with E-state index in [-0.39, 0.29) is 11.5 Å². The molecule has 0 amide bonds. The Morgan fingerprint density at radius 2 is 1.94 bits per heavy atom. The van der Waals surface area contributed by atoms with Gasteiger partial charge in [0.25, 0.3) is 5.69 Å². The zero-order valence-electron chi connectivity index (χ0n) is 9.72. The van der Waals surface area contributed by atoms with Gasteiger partial charge in [-0.15, -0.1) is 11.8 Å². The molecule has 17 heavy (non-hydrogen) atoms. The summed E-state index contributed by atoms with van der Waals surface area (Å²) in [5.41, 5.74) is 0.117. The van der Waals surface area contributed by atoms with Crippen LogP contribution in [0.25, 0.3) is 0 Å². The Bertz CT molecular complexity index is 389. The highest BCUT2D eigenvalue weighted by atomic mass is 32.2. The molecule has 1 aromatic carbocycles. The van der Waals surface area contributed by atoms with Crippen molar-refractivity contribution in [3.8, 4) is 0 Å². The summed E-state index contributed by atoms with van der Waals surface area (Å²) in [7, 11) is 0.